The van der Waals surface area contributed by atoms with E-state index in [9.17, 15) is 4.79 Å². The van der Waals surface area contributed by atoms with Gasteiger partial charge in [0.05, 0.1) is 16.8 Å². The highest BCUT2D eigenvalue weighted by Gasteiger charge is 2.26. The van der Waals surface area contributed by atoms with Gasteiger partial charge in [0.2, 0.25) is 0 Å². The SMILES string of the molecule is CC(=O)c1cnc2ccc(Cl)nc2c1NC1CCC(CN2CCN(C)CC2)CC1. The maximum atomic E-state index is 12.2. The fourth-order valence-electron chi connectivity index (χ4n) is 4.54. The molecule has 0 bridgehead atoms. The summed E-state index contributed by atoms with van der Waals surface area (Å²) in [6.45, 7) is 7.52. The van der Waals surface area contributed by atoms with E-state index < -0.39 is 0 Å². The van der Waals surface area contributed by atoms with Crippen molar-refractivity contribution < 1.29 is 4.79 Å². The van der Waals surface area contributed by atoms with Gasteiger partial charge < -0.3 is 15.1 Å². The Morgan fingerprint density at radius 3 is 2.59 bits per heavy atom. The van der Waals surface area contributed by atoms with E-state index in [1.54, 1.807) is 19.2 Å². The highest BCUT2D eigenvalue weighted by atomic mass is 35.5. The molecule has 0 aromatic carbocycles. The first-order valence-corrected chi connectivity index (χ1v) is 11.0. The van der Waals surface area contributed by atoms with Gasteiger partial charge in [-0.25, -0.2) is 4.98 Å². The zero-order chi connectivity index (χ0) is 20.4. The standard InChI is InChI=1S/C22H30ClN5O/c1-15(29)18-13-24-19-7-8-20(23)26-22(19)21(18)25-17-5-3-16(4-6-17)14-28-11-9-27(2)10-12-28/h7-8,13,16-17H,3-6,9-12,14H2,1-2H3,(H,24,25). The van der Waals surface area contributed by atoms with Crippen LogP contribution in [0.15, 0.2) is 18.3 Å². The molecule has 7 heteroatoms. The molecule has 1 saturated heterocycles. The van der Waals surface area contributed by atoms with Crippen molar-refractivity contribution in [3.05, 3.63) is 29.0 Å². The second-order valence-corrected chi connectivity index (χ2v) is 8.96. The number of likely N-dealkylation sites (N-methyl/N-ethyl adjacent to an activating group) is 1. The zero-order valence-corrected chi connectivity index (χ0v) is 18.1. The number of ketones is 1. The van der Waals surface area contributed by atoms with Crippen molar-refractivity contribution in [3.63, 3.8) is 0 Å². The summed E-state index contributed by atoms with van der Waals surface area (Å²) in [5, 5.41) is 4.04. The fraction of sp³-hybridized carbons (Fsp3) is 0.591. The molecule has 1 N–H and O–H groups in total. The Morgan fingerprint density at radius 1 is 1.17 bits per heavy atom. The molecule has 1 aliphatic heterocycles. The van der Waals surface area contributed by atoms with E-state index in [1.165, 1.54) is 45.6 Å². The first-order valence-electron chi connectivity index (χ1n) is 10.6. The van der Waals surface area contributed by atoms with Crippen molar-refractivity contribution in [1.29, 1.82) is 0 Å². The lowest BCUT2D eigenvalue weighted by Crippen LogP contribution is -2.46. The number of nitrogens with one attached hydrogen (secondary N) is 1. The second-order valence-electron chi connectivity index (χ2n) is 8.57. The molecule has 2 aromatic rings. The van der Waals surface area contributed by atoms with Crippen LogP contribution in [0.2, 0.25) is 5.15 Å². The number of nitrogens with zero attached hydrogens (tertiary/aromatic N) is 4. The van der Waals surface area contributed by atoms with Crippen LogP contribution in [0.4, 0.5) is 5.69 Å². The largest absolute Gasteiger partial charge is 0.380 e. The summed E-state index contributed by atoms with van der Waals surface area (Å²) in [6.07, 6.45) is 6.31. The summed E-state index contributed by atoms with van der Waals surface area (Å²) in [5.41, 5.74) is 2.81. The maximum Gasteiger partial charge on any atom is 0.163 e. The molecule has 1 aliphatic carbocycles. The molecule has 1 saturated carbocycles. The number of piperazine rings is 1. The average molecular weight is 416 g/mol. The minimum absolute atomic E-state index is 0.00701. The predicted octanol–water partition coefficient (Wildman–Crippen LogP) is 3.70. The number of hydrogen-bond donors (Lipinski definition) is 1. The molecule has 6 nitrogen and oxygen atoms in total. The number of carbonyl (C=O) groups is 1. The molecule has 4 rings (SSSR count). The van der Waals surface area contributed by atoms with Crippen molar-refractivity contribution >= 4 is 34.1 Å². The molecule has 0 amide bonds. The van der Waals surface area contributed by atoms with E-state index in [0.29, 0.717) is 22.3 Å². The highest BCUT2D eigenvalue weighted by molar-refractivity contribution is 6.30. The third kappa shape index (κ3) is 4.87. The van der Waals surface area contributed by atoms with Gasteiger partial charge in [0.25, 0.3) is 0 Å². The third-order valence-electron chi connectivity index (χ3n) is 6.37. The van der Waals surface area contributed by atoms with Crippen LogP contribution in [0.3, 0.4) is 0 Å². The Balaban J connectivity index is 1.42. The fourth-order valence-corrected chi connectivity index (χ4v) is 4.69. The van der Waals surface area contributed by atoms with Gasteiger partial charge in [-0.2, -0.15) is 0 Å². The molecule has 2 fully saturated rings. The lowest BCUT2D eigenvalue weighted by atomic mass is 9.85. The van der Waals surface area contributed by atoms with E-state index >= 15 is 0 Å². The monoisotopic (exact) mass is 415 g/mol. The Morgan fingerprint density at radius 2 is 1.90 bits per heavy atom. The van der Waals surface area contributed by atoms with Crippen molar-refractivity contribution in [1.82, 2.24) is 19.8 Å². The van der Waals surface area contributed by atoms with Crippen LogP contribution in [0, 0.1) is 5.92 Å². The number of anilines is 1. The van der Waals surface area contributed by atoms with Crippen LogP contribution in [-0.4, -0.2) is 71.4 Å². The number of pyridine rings is 2. The molecule has 0 spiro atoms. The lowest BCUT2D eigenvalue weighted by Gasteiger charge is -2.37. The van der Waals surface area contributed by atoms with E-state index in [-0.39, 0.29) is 5.78 Å². The van der Waals surface area contributed by atoms with Crippen LogP contribution in [0.5, 0.6) is 0 Å². The summed E-state index contributed by atoms with van der Waals surface area (Å²) in [6, 6.07) is 3.94. The summed E-state index contributed by atoms with van der Waals surface area (Å²) in [4.78, 5) is 26.1. The number of hydrogen-bond acceptors (Lipinski definition) is 6. The molecule has 29 heavy (non-hydrogen) atoms. The van der Waals surface area contributed by atoms with Gasteiger partial charge in [-0.1, -0.05) is 11.6 Å². The number of halogens is 1. The third-order valence-corrected chi connectivity index (χ3v) is 6.58. The Hall–Kier alpha value is -1.76. The smallest absolute Gasteiger partial charge is 0.163 e. The maximum absolute atomic E-state index is 12.2. The predicted molar refractivity (Wildman–Crippen MR) is 118 cm³/mol. The van der Waals surface area contributed by atoms with Crippen LogP contribution < -0.4 is 5.32 Å². The van der Waals surface area contributed by atoms with Gasteiger partial charge in [0.15, 0.2) is 5.78 Å². The number of fused-ring (bicyclic) bond motifs is 1. The molecular formula is C22H30ClN5O. The Kier molecular flexibility index (Phi) is 6.32. The number of Topliss-reactive ketones (excluding diaryl/α,β-unsaturated/α-hetero) is 1. The highest BCUT2D eigenvalue weighted by Crippen LogP contribution is 2.32. The van der Waals surface area contributed by atoms with Gasteiger partial charge >= 0.3 is 0 Å². The van der Waals surface area contributed by atoms with Crippen molar-refractivity contribution in [2.45, 2.75) is 38.6 Å². The van der Waals surface area contributed by atoms with E-state index in [2.05, 4.69) is 32.1 Å². The normalized spacial score (nSPS) is 24.0. The molecule has 0 atom stereocenters. The van der Waals surface area contributed by atoms with Gasteiger partial charge in [0, 0.05) is 45.0 Å². The molecule has 3 heterocycles. The quantitative estimate of drug-likeness (QED) is 0.593. The lowest BCUT2D eigenvalue weighted by molar-refractivity contribution is 0.101. The van der Waals surface area contributed by atoms with Crippen molar-refractivity contribution in [3.8, 4) is 0 Å². The topological polar surface area (TPSA) is 61.4 Å². The summed E-state index contributed by atoms with van der Waals surface area (Å²) < 4.78 is 0. The minimum atomic E-state index is -0.00701. The van der Waals surface area contributed by atoms with Gasteiger partial charge in [0.1, 0.15) is 10.7 Å². The molecule has 0 radical (unpaired) electrons. The number of carbonyl (C=O) groups excluding carboxylic acids is 1. The van der Waals surface area contributed by atoms with Crippen molar-refractivity contribution in [2.24, 2.45) is 5.92 Å². The number of aromatic nitrogens is 2. The van der Waals surface area contributed by atoms with Gasteiger partial charge in [-0.3, -0.25) is 9.78 Å². The first kappa shape index (κ1) is 20.5. The Bertz CT molecular complexity index is 873. The molecule has 2 aromatic heterocycles. The van der Waals surface area contributed by atoms with Gasteiger partial charge in [-0.05, 0) is 57.7 Å². The minimum Gasteiger partial charge on any atom is -0.380 e. The summed E-state index contributed by atoms with van der Waals surface area (Å²) in [5.74, 6) is 0.762. The summed E-state index contributed by atoms with van der Waals surface area (Å²) >= 11 is 6.13. The summed E-state index contributed by atoms with van der Waals surface area (Å²) in [7, 11) is 2.20. The van der Waals surface area contributed by atoms with Crippen LogP contribution in [0.25, 0.3) is 11.0 Å². The average Bonchev–Trinajstić information content (AvgIpc) is 2.71. The first-order chi connectivity index (χ1) is 14.0. The van der Waals surface area contributed by atoms with Gasteiger partial charge in [-0.15, -0.1) is 0 Å². The number of rotatable bonds is 5. The van der Waals surface area contributed by atoms with Crippen LogP contribution in [0.1, 0.15) is 43.0 Å². The molecule has 2 aliphatic rings. The molecule has 0 unspecified atom stereocenters. The zero-order valence-electron chi connectivity index (χ0n) is 17.3. The molecule has 156 valence electrons. The van der Waals surface area contributed by atoms with E-state index in [1.807, 2.05) is 6.07 Å². The van der Waals surface area contributed by atoms with Crippen molar-refractivity contribution in [2.75, 3.05) is 45.1 Å². The van der Waals surface area contributed by atoms with E-state index in [4.69, 9.17) is 11.6 Å². The second kappa shape index (κ2) is 8.94. The van der Waals surface area contributed by atoms with Crippen LogP contribution in [-0.2, 0) is 0 Å². The molecular weight excluding hydrogens is 386 g/mol. The Labute approximate surface area is 177 Å². The van der Waals surface area contributed by atoms with Crippen LogP contribution >= 0.6 is 11.6 Å². The van der Waals surface area contributed by atoms with E-state index in [0.717, 1.165) is 30.0 Å².